The number of amides is 1. The third-order valence-electron chi connectivity index (χ3n) is 3.97. The third kappa shape index (κ3) is 3.56. The van der Waals surface area contributed by atoms with Crippen molar-refractivity contribution in [1.29, 1.82) is 0 Å². The van der Waals surface area contributed by atoms with Gasteiger partial charge in [-0.15, -0.1) is 11.6 Å². The molecular weight excluding hydrogens is 290 g/mol. The van der Waals surface area contributed by atoms with E-state index in [0.29, 0.717) is 18.4 Å². The van der Waals surface area contributed by atoms with Gasteiger partial charge in [0.15, 0.2) is 0 Å². The van der Waals surface area contributed by atoms with Crippen LogP contribution in [0.15, 0.2) is 30.3 Å². The summed E-state index contributed by atoms with van der Waals surface area (Å²) in [5.41, 5.74) is -0.209. The zero-order valence-corrected chi connectivity index (χ0v) is 12.9. The number of hydrogen-bond donors (Lipinski definition) is 1. The van der Waals surface area contributed by atoms with Crippen LogP contribution in [0.3, 0.4) is 0 Å². The van der Waals surface area contributed by atoms with Crippen molar-refractivity contribution in [2.75, 3.05) is 7.11 Å². The first-order valence-electron chi connectivity index (χ1n) is 7.18. The van der Waals surface area contributed by atoms with Gasteiger partial charge in [0.05, 0.1) is 7.11 Å². The van der Waals surface area contributed by atoms with Crippen LogP contribution in [-0.2, 0) is 14.3 Å². The molecule has 1 aromatic rings. The van der Waals surface area contributed by atoms with Gasteiger partial charge in [0, 0.05) is 0 Å². The standard InChI is InChI=1S/C16H20ClNO3/c1-21-15(20)16(10-6-3-7-11-16)18-14(19)13(17)12-8-4-2-5-9-12/h2,4-5,8-9,13H,3,6-7,10-11H2,1H3,(H,18,19). The van der Waals surface area contributed by atoms with Crippen molar-refractivity contribution in [2.45, 2.75) is 43.0 Å². The molecule has 0 spiro atoms. The van der Waals surface area contributed by atoms with E-state index in [9.17, 15) is 9.59 Å². The van der Waals surface area contributed by atoms with Crippen LogP contribution in [-0.4, -0.2) is 24.5 Å². The molecule has 0 aliphatic heterocycles. The number of carbonyl (C=O) groups excluding carboxylic acids is 2. The lowest BCUT2D eigenvalue weighted by atomic mass is 9.81. The summed E-state index contributed by atoms with van der Waals surface area (Å²) in [4.78, 5) is 24.5. The molecule has 1 aliphatic carbocycles. The van der Waals surface area contributed by atoms with E-state index in [2.05, 4.69) is 5.32 Å². The smallest absolute Gasteiger partial charge is 0.331 e. The molecule has 21 heavy (non-hydrogen) atoms. The van der Waals surface area contributed by atoms with E-state index >= 15 is 0 Å². The monoisotopic (exact) mass is 309 g/mol. The molecule has 1 saturated carbocycles. The van der Waals surface area contributed by atoms with E-state index in [-0.39, 0.29) is 11.9 Å². The van der Waals surface area contributed by atoms with Crippen molar-refractivity contribution < 1.29 is 14.3 Å². The molecule has 0 aromatic heterocycles. The van der Waals surface area contributed by atoms with Crippen LogP contribution >= 0.6 is 11.6 Å². The second kappa shape index (κ2) is 6.94. The number of esters is 1. The molecule has 1 aliphatic rings. The first-order valence-corrected chi connectivity index (χ1v) is 7.62. The average Bonchev–Trinajstić information content (AvgIpc) is 2.55. The van der Waals surface area contributed by atoms with Gasteiger partial charge in [-0.25, -0.2) is 4.79 Å². The van der Waals surface area contributed by atoms with Crippen LogP contribution in [0.25, 0.3) is 0 Å². The molecular formula is C16H20ClNO3. The molecule has 1 unspecified atom stereocenters. The fourth-order valence-corrected chi connectivity index (χ4v) is 3.00. The lowest BCUT2D eigenvalue weighted by Gasteiger charge is -2.35. The fraction of sp³-hybridized carbons (Fsp3) is 0.500. The highest BCUT2D eigenvalue weighted by Gasteiger charge is 2.42. The molecule has 0 saturated heterocycles. The molecule has 1 aromatic carbocycles. The van der Waals surface area contributed by atoms with Crippen LogP contribution in [0, 0.1) is 0 Å². The Morgan fingerprint density at radius 2 is 1.81 bits per heavy atom. The molecule has 1 amide bonds. The Balaban J connectivity index is 2.13. The fourth-order valence-electron chi connectivity index (χ4n) is 2.80. The maximum atomic E-state index is 12.4. The third-order valence-corrected chi connectivity index (χ3v) is 4.42. The topological polar surface area (TPSA) is 55.4 Å². The summed E-state index contributed by atoms with van der Waals surface area (Å²) in [6, 6.07) is 9.11. The lowest BCUT2D eigenvalue weighted by molar-refractivity contribution is -0.152. The molecule has 2 rings (SSSR count). The number of hydrogen-bond acceptors (Lipinski definition) is 3. The number of rotatable bonds is 4. The van der Waals surface area contributed by atoms with Gasteiger partial charge in [-0.05, 0) is 18.4 Å². The second-order valence-corrected chi connectivity index (χ2v) is 5.83. The van der Waals surface area contributed by atoms with Crippen molar-refractivity contribution in [3.05, 3.63) is 35.9 Å². The largest absolute Gasteiger partial charge is 0.467 e. The molecule has 114 valence electrons. The summed E-state index contributed by atoms with van der Waals surface area (Å²) < 4.78 is 4.88. The Labute approximate surface area is 129 Å². The molecule has 0 bridgehead atoms. The highest BCUT2D eigenvalue weighted by atomic mass is 35.5. The van der Waals surface area contributed by atoms with Crippen LogP contribution in [0.4, 0.5) is 0 Å². The number of alkyl halides is 1. The molecule has 1 fully saturated rings. The highest BCUT2D eigenvalue weighted by Crippen LogP contribution is 2.31. The first kappa shape index (κ1) is 15.8. The number of nitrogens with one attached hydrogen (secondary N) is 1. The van der Waals surface area contributed by atoms with Crippen molar-refractivity contribution >= 4 is 23.5 Å². The predicted molar refractivity (Wildman–Crippen MR) is 81.0 cm³/mol. The summed E-state index contributed by atoms with van der Waals surface area (Å²) in [7, 11) is 1.35. The summed E-state index contributed by atoms with van der Waals surface area (Å²) in [6.07, 6.45) is 4.06. The Hall–Kier alpha value is -1.55. The summed E-state index contributed by atoms with van der Waals surface area (Å²) in [5, 5.41) is 2.03. The molecule has 4 nitrogen and oxygen atoms in total. The molecule has 1 N–H and O–H groups in total. The minimum absolute atomic E-state index is 0.352. The second-order valence-electron chi connectivity index (χ2n) is 5.40. The summed E-state index contributed by atoms with van der Waals surface area (Å²) in [5.74, 6) is -0.734. The molecule has 5 heteroatoms. The van der Waals surface area contributed by atoms with Crippen molar-refractivity contribution in [2.24, 2.45) is 0 Å². The zero-order valence-electron chi connectivity index (χ0n) is 12.1. The average molecular weight is 310 g/mol. The number of carbonyl (C=O) groups is 2. The maximum absolute atomic E-state index is 12.4. The highest BCUT2D eigenvalue weighted by molar-refractivity contribution is 6.31. The Morgan fingerprint density at radius 1 is 1.19 bits per heavy atom. The lowest BCUT2D eigenvalue weighted by Crippen LogP contribution is -2.56. The molecule has 0 heterocycles. The number of ether oxygens (including phenoxy) is 1. The zero-order chi connectivity index (χ0) is 15.3. The van der Waals surface area contributed by atoms with Gasteiger partial charge in [0.2, 0.25) is 5.91 Å². The maximum Gasteiger partial charge on any atom is 0.331 e. The van der Waals surface area contributed by atoms with Gasteiger partial charge in [0.25, 0.3) is 0 Å². The minimum Gasteiger partial charge on any atom is -0.467 e. The first-order chi connectivity index (χ1) is 10.1. The van der Waals surface area contributed by atoms with Gasteiger partial charge in [-0.1, -0.05) is 49.6 Å². The van der Waals surface area contributed by atoms with E-state index in [0.717, 1.165) is 19.3 Å². The Bertz CT molecular complexity index is 498. The van der Waals surface area contributed by atoms with Gasteiger partial charge in [-0.3, -0.25) is 4.79 Å². The molecule has 0 radical (unpaired) electrons. The van der Waals surface area contributed by atoms with Gasteiger partial charge in [0.1, 0.15) is 10.9 Å². The van der Waals surface area contributed by atoms with Crippen LogP contribution < -0.4 is 5.32 Å². The van der Waals surface area contributed by atoms with Crippen LogP contribution in [0.2, 0.25) is 0 Å². The van der Waals surface area contributed by atoms with Gasteiger partial charge in [-0.2, -0.15) is 0 Å². The SMILES string of the molecule is COC(=O)C1(NC(=O)C(Cl)c2ccccc2)CCCCC1. The molecule has 1 atom stereocenters. The number of benzene rings is 1. The quantitative estimate of drug-likeness (QED) is 0.687. The normalized spacial score (nSPS) is 18.6. The predicted octanol–water partition coefficient (Wildman–Crippen LogP) is 2.96. The van der Waals surface area contributed by atoms with Crippen molar-refractivity contribution in [1.82, 2.24) is 5.32 Å². The summed E-state index contributed by atoms with van der Waals surface area (Å²) in [6.45, 7) is 0. The van der Waals surface area contributed by atoms with E-state index in [1.807, 2.05) is 18.2 Å². The Morgan fingerprint density at radius 3 is 2.38 bits per heavy atom. The van der Waals surface area contributed by atoms with Gasteiger partial charge >= 0.3 is 5.97 Å². The van der Waals surface area contributed by atoms with E-state index < -0.39 is 10.9 Å². The summed E-state index contributed by atoms with van der Waals surface area (Å²) >= 11 is 6.22. The van der Waals surface area contributed by atoms with E-state index in [1.165, 1.54) is 7.11 Å². The Kier molecular flexibility index (Phi) is 5.23. The van der Waals surface area contributed by atoms with Gasteiger partial charge < -0.3 is 10.1 Å². The van der Waals surface area contributed by atoms with E-state index in [1.54, 1.807) is 12.1 Å². The number of halogens is 1. The van der Waals surface area contributed by atoms with E-state index in [4.69, 9.17) is 16.3 Å². The van der Waals surface area contributed by atoms with Crippen LogP contribution in [0.5, 0.6) is 0 Å². The van der Waals surface area contributed by atoms with Crippen molar-refractivity contribution in [3.8, 4) is 0 Å². The van der Waals surface area contributed by atoms with Crippen molar-refractivity contribution in [3.63, 3.8) is 0 Å². The number of methoxy groups -OCH3 is 1. The minimum atomic E-state index is -0.925. The van der Waals surface area contributed by atoms with Crippen LogP contribution in [0.1, 0.15) is 43.0 Å².